The second kappa shape index (κ2) is 11.1. The summed E-state index contributed by atoms with van der Waals surface area (Å²) in [7, 11) is -4.51. The lowest BCUT2D eigenvalue weighted by Crippen LogP contribution is -2.47. The Morgan fingerprint density at radius 2 is 1.95 bits per heavy atom. The summed E-state index contributed by atoms with van der Waals surface area (Å²) in [5.74, 6) is -3.78. The maximum atomic E-state index is 15.9. The van der Waals surface area contributed by atoms with Gasteiger partial charge in [-0.3, -0.25) is 23.7 Å². The molecule has 37 heavy (non-hydrogen) atoms. The molecule has 0 amide bonds. The Morgan fingerprint density at radius 3 is 2.54 bits per heavy atom. The molecule has 0 bridgehead atoms. The van der Waals surface area contributed by atoms with E-state index in [0.29, 0.717) is 0 Å². The molecule has 0 spiro atoms. The third-order valence-electron chi connectivity index (χ3n) is 5.29. The summed E-state index contributed by atoms with van der Waals surface area (Å²) in [5, 5.41) is 13.1. The van der Waals surface area contributed by atoms with E-state index < -0.39 is 66.8 Å². The Balaban J connectivity index is 1.86. The first-order valence-corrected chi connectivity index (χ1v) is 13.1. The molecular weight excluding hydrogens is 536 g/mol. The van der Waals surface area contributed by atoms with Crippen LogP contribution in [0.2, 0.25) is 0 Å². The zero-order chi connectivity index (χ0) is 27.6. The molecule has 3 rings (SSSR count). The van der Waals surface area contributed by atoms with E-state index in [1.165, 1.54) is 26.0 Å². The summed E-state index contributed by atoms with van der Waals surface area (Å²) in [6.07, 6.45) is -3.12. The molecule has 0 radical (unpaired) electrons. The van der Waals surface area contributed by atoms with E-state index in [4.69, 9.17) is 30.1 Å². The maximum absolute atomic E-state index is 15.9. The van der Waals surface area contributed by atoms with Crippen LogP contribution in [-0.4, -0.2) is 56.2 Å². The number of benzene rings is 1. The lowest BCUT2D eigenvalue weighted by molar-refractivity contribution is -0.204. The van der Waals surface area contributed by atoms with Gasteiger partial charge in [-0.2, -0.15) is 5.09 Å². The van der Waals surface area contributed by atoms with Crippen LogP contribution in [0.1, 0.15) is 33.9 Å². The van der Waals surface area contributed by atoms with Gasteiger partial charge in [0.25, 0.3) is 11.4 Å². The number of carbonyl (C=O) groups is 1. The highest BCUT2D eigenvalue weighted by molar-refractivity contribution is 7.52. The van der Waals surface area contributed by atoms with Crippen molar-refractivity contribution < 1.29 is 37.4 Å². The van der Waals surface area contributed by atoms with Crippen molar-refractivity contribution in [2.75, 3.05) is 6.61 Å². The normalized spacial score (nSPS) is 28.0. The summed E-state index contributed by atoms with van der Waals surface area (Å²) in [5.41, 5.74) is -1.67. The van der Waals surface area contributed by atoms with Crippen LogP contribution in [0.25, 0.3) is 0 Å². The standard InChI is InChI=1S/C22H28ClFN3O9P/c1-13(2)34-17(29)14(3)26-37(32,36-15-8-6-5-7-9-15)33-12-22(24)18(30)21(4,23)19(35-22)27-11-10-16(28)25-20(27)31/h5-11,13-14,18-19,30H,12H2,1-4H3,(H,26,32)(H,25,28,31)/t14?,18-,19+,21+,22+,37?/m0/s1. The number of nitrogens with one attached hydrogen (secondary N) is 2. The van der Waals surface area contributed by atoms with Crippen molar-refractivity contribution in [2.45, 2.75) is 62.9 Å². The number of para-hydroxylation sites is 1. The number of ether oxygens (including phenoxy) is 2. The summed E-state index contributed by atoms with van der Waals surface area (Å²) >= 11 is 6.37. The van der Waals surface area contributed by atoms with Gasteiger partial charge in [0.05, 0.1) is 6.10 Å². The van der Waals surface area contributed by atoms with E-state index in [2.05, 4.69) is 5.09 Å². The van der Waals surface area contributed by atoms with E-state index in [9.17, 15) is 24.1 Å². The predicted octanol–water partition coefficient (Wildman–Crippen LogP) is 2.22. The zero-order valence-electron chi connectivity index (χ0n) is 20.4. The van der Waals surface area contributed by atoms with Crippen molar-refractivity contribution in [1.29, 1.82) is 0 Å². The number of aliphatic hydroxyl groups excluding tert-OH is 1. The smallest absolute Gasteiger partial charge is 0.459 e. The molecule has 1 fully saturated rings. The average molecular weight is 564 g/mol. The number of aromatic amines is 1. The molecular formula is C22H28ClFN3O9P. The second-order valence-corrected chi connectivity index (χ2v) is 11.3. The Kier molecular flexibility index (Phi) is 8.68. The van der Waals surface area contributed by atoms with Crippen LogP contribution >= 0.6 is 19.3 Å². The molecule has 12 nitrogen and oxygen atoms in total. The van der Waals surface area contributed by atoms with Gasteiger partial charge in [-0.25, -0.2) is 13.8 Å². The molecule has 1 aromatic carbocycles. The first-order valence-electron chi connectivity index (χ1n) is 11.2. The number of aromatic nitrogens is 2. The van der Waals surface area contributed by atoms with E-state index in [0.717, 1.165) is 16.8 Å². The number of carbonyl (C=O) groups excluding carboxylic acids is 1. The molecule has 6 atom stereocenters. The van der Waals surface area contributed by atoms with Crippen LogP contribution in [-0.2, 0) is 23.4 Å². The molecule has 0 aliphatic carbocycles. The van der Waals surface area contributed by atoms with Crippen LogP contribution in [0.5, 0.6) is 5.75 Å². The maximum Gasteiger partial charge on any atom is 0.459 e. The molecule has 15 heteroatoms. The van der Waals surface area contributed by atoms with Gasteiger partial charge >= 0.3 is 19.4 Å². The fourth-order valence-electron chi connectivity index (χ4n) is 3.48. The van der Waals surface area contributed by atoms with Crippen molar-refractivity contribution in [2.24, 2.45) is 0 Å². The van der Waals surface area contributed by atoms with Gasteiger partial charge in [0.2, 0.25) is 0 Å². The average Bonchev–Trinajstić information content (AvgIpc) is 2.98. The summed E-state index contributed by atoms with van der Waals surface area (Å²) in [6, 6.07) is 7.54. The van der Waals surface area contributed by atoms with Gasteiger partial charge in [0.15, 0.2) is 6.23 Å². The SMILES string of the molecule is CC(C)OC(=O)C(C)NP(=O)(OC[C@@]1(F)O[C@@H](n2ccc(=O)[nH]c2=O)[C@](C)(Cl)[C@@H]1O)Oc1ccccc1. The Bertz CT molecular complexity index is 1270. The van der Waals surface area contributed by atoms with E-state index in [-0.39, 0.29) is 5.75 Å². The molecule has 1 aromatic heterocycles. The highest BCUT2D eigenvalue weighted by Gasteiger charge is 2.63. The summed E-state index contributed by atoms with van der Waals surface area (Å²) in [4.78, 5) is 36.0. The van der Waals surface area contributed by atoms with Gasteiger partial charge in [-0.15, -0.1) is 11.6 Å². The number of nitrogens with zero attached hydrogens (tertiary/aromatic N) is 1. The molecule has 3 N–H and O–H groups in total. The Labute approximate surface area is 216 Å². The molecule has 2 aromatic rings. The van der Waals surface area contributed by atoms with Crippen molar-refractivity contribution >= 4 is 25.3 Å². The predicted molar refractivity (Wildman–Crippen MR) is 130 cm³/mol. The number of H-pyrrole nitrogens is 1. The molecule has 1 aliphatic rings. The third-order valence-corrected chi connectivity index (χ3v) is 7.31. The van der Waals surface area contributed by atoms with Crippen LogP contribution < -0.4 is 20.9 Å². The largest absolute Gasteiger partial charge is 0.462 e. The first-order chi connectivity index (χ1) is 17.2. The minimum Gasteiger partial charge on any atom is -0.462 e. The van der Waals surface area contributed by atoms with E-state index in [1.807, 2.05) is 4.98 Å². The summed E-state index contributed by atoms with van der Waals surface area (Å²) in [6.45, 7) is 4.62. The number of esters is 1. The number of hydrogen-bond acceptors (Lipinski definition) is 9. The van der Waals surface area contributed by atoms with Crippen LogP contribution in [0, 0.1) is 0 Å². The number of halogens is 2. The fraction of sp³-hybridized carbons (Fsp3) is 0.500. The second-order valence-electron chi connectivity index (χ2n) is 8.84. The van der Waals surface area contributed by atoms with Gasteiger partial charge in [0.1, 0.15) is 29.4 Å². The van der Waals surface area contributed by atoms with Crippen molar-refractivity contribution in [3.05, 3.63) is 63.4 Å². The number of rotatable bonds is 10. The van der Waals surface area contributed by atoms with E-state index >= 15 is 4.39 Å². The molecule has 1 saturated heterocycles. The lowest BCUT2D eigenvalue weighted by Gasteiger charge is -2.28. The number of alkyl halides is 2. The van der Waals surface area contributed by atoms with Crippen molar-refractivity contribution in [3.8, 4) is 5.75 Å². The molecule has 204 valence electrons. The van der Waals surface area contributed by atoms with E-state index in [1.54, 1.807) is 32.0 Å². The molecule has 0 saturated carbocycles. The minimum atomic E-state index is -4.51. The Morgan fingerprint density at radius 1 is 1.30 bits per heavy atom. The van der Waals surface area contributed by atoms with Crippen molar-refractivity contribution in [3.63, 3.8) is 0 Å². The summed E-state index contributed by atoms with van der Waals surface area (Å²) < 4.78 is 51.4. The first kappa shape index (κ1) is 29.0. The number of aliphatic hydroxyl groups is 1. The quantitative estimate of drug-likeness (QED) is 0.222. The van der Waals surface area contributed by atoms with Crippen LogP contribution in [0.15, 0.2) is 52.2 Å². The third kappa shape index (κ3) is 6.67. The molecule has 2 unspecified atom stereocenters. The topological polar surface area (TPSA) is 158 Å². The highest BCUT2D eigenvalue weighted by Crippen LogP contribution is 2.52. The van der Waals surface area contributed by atoms with Gasteiger partial charge in [0, 0.05) is 12.3 Å². The molecule has 2 heterocycles. The van der Waals surface area contributed by atoms with Crippen molar-refractivity contribution in [1.82, 2.24) is 14.6 Å². The van der Waals surface area contributed by atoms with Gasteiger partial charge < -0.3 is 19.1 Å². The minimum absolute atomic E-state index is 0.0726. The zero-order valence-corrected chi connectivity index (χ0v) is 22.1. The highest BCUT2D eigenvalue weighted by atomic mass is 35.5. The van der Waals surface area contributed by atoms with Gasteiger partial charge in [-0.1, -0.05) is 18.2 Å². The molecule has 1 aliphatic heterocycles. The number of hydrogen-bond donors (Lipinski definition) is 3. The fourth-order valence-corrected chi connectivity index (χ4v) is 5.30. The van der Waals surface area contributed by atoms with Crippen LogP contribution in [0.4, 0.5) is 4.39 Å². The van der Waals surface area contributed by atoms with Gasteiger partial charge in [-0.05, 0) is 39.8 Å². The Hall–Kier alpha value is -2.54. The lowest BCUT2D eigenvalue weighted by atomic mass is 10.00. The van der Waals surface area contributed by atoms with Crippen LogP contribution in [0.3, 0.4) is 0 Å². The monoisotopic (exact) mass is 563 g/mol.